The molecule has 0 aromatic heterocycles. The van der Waals surface area contributed by atoms with Crippen molar-refractivity contribution < 1.29 is 9.53 Å². The molecule has 0 amide bonds. The Kier molecular flexibility index (Phi) is 9.38. The molecule has 0 fully saturated rings. The van der Waals surface area contributed by atoms with E-state index < -0.39 is 0 Å². The molecule has 22 heavy (non-hydrogen) atoms. The molecule has 0 aliphatic carbocycles. The number of rotatable bonds is 9. The van der Waals surface area contributed by atoms with Crippen molar-refractivity contribution in [3.63, 3.8) is 0 Å². The molecular weight excluding hydrogens is 274 g/mol. The quantitative estimate of drug-likeness (QED) is 0.431. The number of carbonyl (C=O) groups is 1. The van der Waals surface area contributed by atoms with Crippen molar-refractivity contribution in [2.24, 2.45) is 0 Å². The number of hydrogen-bond donors (Lipinski definition) is 1. The van der Waals surface area contributed by atoms with Gasteiger partial charge in [0.2, 0.25) is 0 Å². The minimum Gasteiger partial charge on any atom is -0.463 e. The van der Waals surface area contributed by atoms with Gasteiger partial charge in [0.25, 0.3) is 0 Å². The molecule has 0 spiro atoms. The Bertz CT molecular complexity index is 503. The van der Waals surface area contributed by atoms with Gasteiger partial charge in [-0.3, -0.25) is 0 Å². The van der Waals surface area contributed by atoms with Crippen LogP contribution < -0.4 is 5.32 Å². The average molecular weight is 299 g/mol. The Labute approximate surface area is 133 Å². The molecular formula is C19H25NO2. The van der Waals surface area contributed by atoms with Crippen molar-refractivity contribution in [2.75, 3.05) is 13.2 Å². The lowest BCUT2D eigenvalue weighted by atomic mass is 10.1. The van der Waals surface area contributed by atoms with Crippen molar-refractivity contribution in [1.82, 2.24) is 5.32 Å². The van der Waals surface area contributed by atoms with Crippen molar-refractivity contribution in [3.8, 4) is 0 Å². The predicted molar refractivity (Wildman–Crippen MR) is 91.7 cm³/mol. The summed E-state index contributed by atoms with van der Waals surface area (Å²) in [6, 6.07) is 10.3. The summed E-state index contributed by atoms with van der Waals surface area (Å²) in [7, 11) is 0. The highest BCUT2D eigenvalue weighted by Gasteiger charge is 2.05. The van der Waals surface area contributed by atoms with Gasteiger partial charge in [-0.05, 0) is 25.8 Å². The minimum absolute atomic E-state index is 0.0852. The third-order valence-corrected chi connectivity index (χ3v) is 2.99. The summed E-state index contributed by atoms with van der Waals surface area (Å²) in [5.41, 5.74) is 1.23. The Morgan fingerprint density at radius 2 is 2.05 bits per heavy atom. The molecule has 1 aromatic carbocycles. The highest BCUT2D eigenvalue weighted by molar-refractivity contribution is 5.82. The third-order valence-electron chi connectivity index (χ3n) is 2.99. The van der Waals surface area contributed by atoms with Gasteiger partial charge in [-0.1, -0.05) is 60.7 Å². The van der Waals surface area contributed by atoms with E-state index in [2.05, 4.69) is 23.5 Å². The van der Waals surface area contributed by atoms with Gasteiger partial charge in [0.15, 0.2) is 0 Å². The smallest absolute Gasteiger partial charge is 0.330 e. The van der Waals surface area contributed by atoms with Crippen LogP contribution in [0.5, 0.6) is 0 Å². The Morgan fingerprint density at radius 1 is 1.27 bits per heavy atom. The van der Waals surface area contributed by atoms with Crippen LogP contribution in [-0.2, 0) is 16.0 Å². The van der Waals surface area contributed by atoms with Gasteiger partial charge >= 0.3 is 5.97 Å². The van der Waals surface area contributed by atoms with Crippen LogP contribution in [0.4, 0.5) is 0 Å². The highest BCUT2D eigenvalue weighted by atomic mass is 16.5. The predicted octanol–water partition coefficient (Wildman–Crippen LogP) is 3.44. The van der Waals surface area contributed by atoms with Crippen LogP contribution in [-0.4, -0.2) is 25.2 Å². The molecule has 0 aliphatic rings. The van der Waals surface area contributed by atoms with Gasteiger partial charge in [-0.25, -0.2) is 4.79 Å². The van der Waals surface area contributed by atoms with E-state index in [0.717, 1.165) is 13.0 Å². The molecule has 1 N–H and O–H groups in total. The van der Waals surface area contributed by atoms with Crippen molar-refractivity contribution in [3.05, 3.63) is 72.4 Å². The van der Waals surface area contributed by atoms with E-state index in [0.29, 0.717) is 6.61 Å². The summed E-state index contributed by atoms with van der Waals surface area (Å²) in [5, 5.41) is 3.41. The molecule has 0 heterocycles. The van der Waals surface area contributed by atoms with Crippen molar-refractivity contribution >= 4 is 5.97 Å². The van der Waals surface area contributed by atoms with Crippen LogP contribution in [0, 0.1) is 0 Å². The number of hydrogen-bond acceptors (Lipinski definition) is 3. The van der Waals surface area contributed by atoms with Gasteiger partial charge in [0, 0.05) is 18.7 Å². The molecule has 118 valence electrons. The zero-order valence-electron chi connectivity index (χ0n) is 13.4. The molecule has 3 heteroatoms. The zero-order valence-corrected chi connectivity index (χ0v) is 13.4. The minimum atomic E-state index is -0.299. The maximum atomic E-state index is 11.5. The van der Waals surface area contributed by atoms with E-state index in [1.807, 2.05) is 49.4 Å². The lowest BCUT2D eigenvalue weighted by Gasteiger charge is -2.14. The maximum Gasteiger partial charge on any atom is 0.330 e. The fourth-order valence-corrected chi connectivity index (χ4v) is 1.94. The topological polar surface area (TPSA) is 38.3 Å². The lowest BCUT2D eigenvalue weighted by Crippen LogP contribution is -2.29. The second kappa shape index (κ2) is 11.5. The van der Waals surface area contributed by atoms with E-state index in [4.69, 9.17) is 4.74 Å². The molecule has 1 atom stereocenters. The maximum absolute atomic E-state index is 11.5. The van der Waals surface area contributed by atoms with Crippen LogP contribution in [0.25, 0.3) is 0 Å². The van der Waals surface area contributed by atoms with Gasteiger partial charge in [-0.15, -0.1) is 0 Å². The molecule has 0 aliphatic heterocycles. The van der Waals surface area contributed by atoms with Crippen LogP contribution in [0.3, 0.4) is 0 Å². The number of nitrogens with one attached hydrogen (secondary N) is 1. The highest BCUT2D eigenvalue weighted by Crippen LogP contribution is 2.04. The van der Waals surface area contributed by atoms with Crippen molar-refractivity contribution in [2.45, 2.75) is 26.3 Å². The summed E-state index contributed by atoms with van der Waals surface area (Å²) >= 11 is 0. The Morgan fingerprint density at radius 3 is 2.73 bits per heavy atom. The number of esters is 1. The fraction of sp³-hybridized carbons (Fsp3) is 0.316. The molecule has 0 bridgehead atoms. The van der Waals surface area contributed by atoms with Gasteiger partial charge in [0.05, 0.1) is 6.61 Å². The Balaban J connectivity index is 2.61. The molecule has 1 rings (SSSR count). The summed E-state index contributed by atoms with van der Waals surface area (Å²) in [6.07, 6.45) is 12.2. The molecule has 0 unspecified atom stereocenters. The molecule has 3 nitrogen and oxygen atoms in total. The van der Waals surface area contributed by atoms with E-state index in [1.165, 1.54) is 11.6 Å². The number of benzene rings is 1. The number of ether oxygens (including phenoxy) is 1. The SMILES string of the molecule is C/C=C/C=C/CN[C@H](/C=C/C(=O)OCC)Cc1ccccc1. The van der Waals surface area contributed by atoms with Gasteiger partial charge in [0.1, 0.15) is 0 Å². The standard InChI is InChI=1S/C19H25NO2/c1-3-5-6-10-15-20-18(13-14-19(21)22-4-2)16-17-11-8-7-9-12-17/h3,5-14,18,20H,4,15-16H2,1-2H3/b5-3+,10-6+,14-13+/t18-/m1/s1. The normalized spacial score (nSPS) is 13.2. The van der Waals surface area contributed by atoms with Crippen LogP contribution in [0.1, 0.15) is 19.4 Å². The van der Waals surface area contributed by atoms with E-state index in [9.17, 15) is 4.79 Å². The first-order valence-corrected chi connectivity index (χ1v) is 7.66. The fourth-order valence-electron chi connectivity index (χ4n) is 1.94. The third kappa shape index (κ3) is 8.22. The second-order valence-corrected chi connectivity index (χ2v) is 4.77. The summed E-state index contributed by atoms with van der Waals surface area (Å²) in [6.45, 7) is 4.93. The van der Waals surface area contributed by atoms with Crippen LogP contribution in [0.15, 0.2) is 66.8 Å². The molecule has 0 saturated heterocycles. The average Bonchev–Trinajstić information content (AvgIpc) is 2.53. The van der Waals surface area contributed by atoms with E-state index >= 15 is 0 Å². The van der Waals surface area contributed by atoms with Gasteiger partial charge < -0.3 is 10.1 Å². The first-order chi connectivity index (χ1) is 10.8. The Hall–Kier alpha value is -2.13. The van der Waals surface area contributed by atoms with Gasteiger partial charge in [-0.2, -0.15) is 0 Å². The largest absolute Gasteiger partial charge is 0.463 e. The number of allylic oxidation sites excluding steroid dienone is 3. The molecule has 0 radical (unpaired) electrons. The van der Waals surface area contributed by atoms with E-state index in [1.54, 1.807) is 6.92 Å². The first kappa shape index (κ1) is 17.9. The van der Waals surface area contributed by atoms with Crippen LogP contribution in [0.2, 0.25) is 0 Å². The molecule has 1 aromatic rings. The van der Waals surface area contributed by atoms with E-state index in [-0.39, 0.29) is 12.0 Å². The monoisotopic (exact) mass is 299 g/mol. The lowest BCUT2D eigenvalue weighted by molar-refractivity contribution is -0.137. The summed E-state index contributed by atoms with van der Waals surface area (Å²) < 4.78 is 4.92. The van der Waals surface area contributed by atoms with Crippen molar-refractivity contribution in [1.29, 1.82) is 0 Å². The first-order valence-electron chi connectivity index (χ1n) is 7.66. The zero-order chi connectivity index (χ0) is 16.0. The molecule has 0 saturated carbocycles. The van der Waals surface area contributed by atoms with Crippen LogP contribution >= 0.6 is 0 Å². The summed E-state index contributed by atoms with van der Waals surface area (Å²) in [4.78, 5) is 11.5. The second-order valence-electron chi connectivity index (χ2n) is 4.77. The summed E-state index contributed by atoms with van der Waals surface area (Å²) in [5.74, 6) is -0.299. The number of carbonyl (C=O) groups excluding carboxylic acids is 1.